The van der Waals surface area contributed by atoms with Crippen molar-refractivity contribution in [2.75, 3.05) is 36.4 Å². The Morgan fingerprint density at radius 2 is 2.00 bits per heavy atom. The number of pyridine rings is 2. The molecule has 1 atom stereocenters. The normalized spacial score (nSPS) is 16.9. The average Bonchev–Trinajstić information content (AvgIpc) is 2.77. The van der Waals surface area contributed by atoms with Gasteiger partial charge in [-0.25, -0.2) is 4.98 Å². The van der Waals surface area contributed by atoms with Crippen LogP contribution in [-0.2, 0) is 11.0 Å². The Balaban J connectivity index is 1.34. The van der Waals surface area contributed by atoms with Crippen LogP contribution >= 0.6 is 0 Å². The molecule has 7 nitrogen and oxygen atoms in total. The number of hydrogen-bond donors (Lipinski definition) is 2. The fourth-order valence-electron chi connectivity index (χ4n) is 3.82. The number of nitrogens with one attached hydrogen (secondary N) is 2. The number of carbonyl (C=O) groups is 1. The number of nitrogens with zero attached hydrogens (tertiary/aromatic N) is 3. The lowest BCUT2D eigenvalue weighted by atomic mass is 10.1. The van der Waals surface area contributed by atoms with E-state index < -0.39 is 11.7 Å². The summed E-state index contributed by atoms with van der Waals surface area (Å²) in [6, 6.07) is 10.9. The van der Waals surface area contributed by atoms with Crippen LogP contribution in [0.4, 0.5) is 24.7 Å². The number of halogens is 3. The van der Waals surface area contributed by atoms with Crippen molar-refractivity contribution in [3.8, 4) is 0 Å². The number of amides is 1. The van der Waals surface area contributed by atoms with Crippen molar-refractivity contribution in [3.63, 3.8) is 0 Å². The van der Waals surface area contributed by atoms with Crippen molar-refractivity contribution in [2.45, 2.75) is 19.1 Å². The first kappa shape index (κ1) is 21.7. The average molecular weight is 445 g/mol. The molecular weight excluding hydrogens is 423 g/mol. The first-order chi connectivity index (χ1) is 15.2. The summed E-state index contributed by atoms with van der Waals surface area (Å²) in [5.41, 5.74) is 0.524. The number of piperazine rings is 1. The number of benzene rings is 1. The van der Waals surface area contributed by atoms with E-state index in [9.17, 15) is 22.8 Å². The van der Waals surface area contributed by atoms with E-state index in [1.807, 2.05) is 17.9 Å². The molecule has 168 valence electrons. The number of alkyl halides is 3. The molecule has 0 aliphatic carbocycles. The lowest BCUT2D eigenvalue weighted by Crippen LogP contribution is -2.55. The largest absolute Gasteiger partial charge is 0.417 e. The highest BCUT2D eigenvalue weighted by atomic mass is 19.4. The zero-order valence-corrected chi connectivity index (χ0v) is 17.3. The van der Waals surface area contributed by atoms with Gasteiger partial charge in [0.15, 0.2) is 0 Å². The van der Waals surface area contributed by atoms with Gasteiger partial charge in [-0.1, -0.05) is 0 Å². The van der Waals surface area contributed by atoms with Crippen LogP contribution < -0.4 is 15.8 Å². The molecule has 0 bridgehead atoms. The van der Waals surface area contributed by atoms with Crippen molar-refractivity contribution in [2.24, 2.45) is 0 Å². The smallest absolute Gasteiger partial charge is 0.376 e. The first-order valence-electron chi connectivity index (χ1n) is 10.2. The molecule has 4 rings (SSSR count). The molecule has 0 unspecified atom stereocenters. The number of carbonyl (C=O) groups excluding carboxylic acids is 1. The molecular formula is C22H22F3N5O2. The maximum absolute atomic E-state index is 12.7. The number of rotatable bonds is 4. The molecule has 1 saturated heterocycles. The zero-order chi connectivity index (χ0) is 22.9. The van der Waals surface area contributed by atoms with Crippen LogP contribution in [0.3, 0.4) is 0 Å². The second-order valence-electron chi connectivity index (χ2n) is 7.76. The van der Waals surface area contributed by atoms with Gasteiger partial charge in [-0.15, -0.1) is 0 Å². The Bertz CT molecular complexity index is 1180. The van der Waals surface area contributed by atoms with Gasteiger partial charge in [-0.3, -0.25) is 9.59 Å². The standard InChI is InChI=1S/C22H22F3N5O2/c1-14-13-29(19-6-3-16(11-27-19)22(23,24)25)8-9-30(14)21(32)12-26-17-4-5-18-15(10-17)2-7-20(31)28-18/h2-7,10-11,14,26H,8-9,12-13H2,1H3,(H,28,31)/t14-/m1/s1. The number of hydrogen-bond acceptors (Lipinski definition) is 5. The highest BCUT2D eigenvalue weighted by Gasteiger charge is 2.32. The van der Waals surface area contributed by atoms with Gasteiger partial charge in [0, 0.05) is 54.5 Å². The summed E-state index contributed by atoms with van der Waals surface area (Å²) in [7, 11) is 0. The molecule has 32 heavy (non-hydrogen) atoms. The Kier molecular flexibility index (Phi) is 5.77. The van der Waals surface area contributed by atoms with Crippen LogP contribution in [0.2, 0.25) is 0 Å². The highest BCUT2D eigenvalue weighted by Crippen LogP contribution is 2.29. The fraction of sp³-hybridized carbons (Fsp3) is 0.318. The van der Waals surface area contributed by atoms with Crippen LogP contribution in [0.5, 0.6) is 0 Å². The molecule has 1 aliphatic rings. The molecule has 1 aromatic carbocycles. The van der Waals surface area contributed by atoms with E-state index in [1.165, 1.54) is 12.1 Å². The van der Waals surface area contributed by atoms with Gasteiger partial charge in [-0.05, 0) is 43.3 Å². The van der Waals surface area contributed by atoms with Crippen LogP contribution in [0.25, 0.3) is 10.9 Å². The lowest BCUT2D eigenvalue weighted by molar-refractivity contribution is -0.138. The Morgan fingerprint density at radius 1 is 1.19 bits per heavy atom. The third-order valence-corrected chi connectivity index (χ3v) is 5.51. The van der Waals surface area contributed by atoms with Crippen LogP contribution in [0, 0.1) is 0 Å². The maximum atomic E-state index is 12.7. The summed E-state index contributed by atoms with van der Waals surface area (Å²) >= 11 is 0. The number of aromatic nitrogens is 2. The minimum absolute atomic E-state index is 0.0703. The highest BCUT2D eigenvalue weighted by molar-refractivity contribution is 5.85. The summed E-state index contributed by atoms with van der Waals surface area (Å²) in [4.78, 5) is 34.5. The van der Waals surface area contributed by atoms with Gasteiger partial charge < -0.3 is 20.1 Å². The third-order valence-electron chi connectivity index (χ3n) is 5.51. The number of anilines is 2. The van der Waals surface area contributed by atoms with Crippen LogP contribution in [-0.4, -0.2) is 53.0 Å². The predicted octanol–water partition coefficient (Wildman–Crippen LogP) is 3.09. The predicted molar refractivity (Wildman–Crippen MR) is 116 cm³/mol. The third kappa shape index (κ3) is 4.68. The summed E-state index contributed by atoms with van der Waals surface area (Å²) < 4.78 is 38.2. The number of fused-ring (bicyclic) bond motifs is 1. The van der Waals surface area contributed by atoms with Gasteiger partial charge in [0.1, 0.15) is 5.82 Å². The summed E-state index contributed by atoms with van der Waals surface area (Å²) in [5.74, 6) is 0.392. The SMILES string of the molecule is C[C@@H]1CN(c2ccc(C(F)(F)F)cn2)CCN1C(=O)CNc1ccc2[nH]c(=O)ccc2c1. The summed E-state index contributed by atoms with van der Waals surface area (Å²) in [5, 5.41) is 3.97. The van der Waals surface area contributed by atoms with Crippen molar-refractivity contribution in [1.82, 2.24) is 14.9 Å². The van der Waals surface area contributed by atoms with E-state index >= 15 is 0 Å². The molecule has 0 spiro atoms. The molecule has 0 saturated carbocycles. The molecule has 1 amide bonds. The second kappa shape index (κ2) is 8.52. The van der Waals surface area contributed by atoms with E-state index in [-0.39, 0.29) is 24.1 Å². The molecule has 1 aliphatic heterocycles. The number of aromatic amines is 1. The fourth-order valence-corrected chi connectivity index (χ4v) is 3.82. The quantitative estimate of drug-likeness (QED) is 0.645. The zero-order valence-electron chi connectivity index (χ0n) is 17.3. The van der Waals surface area contributed by atoms with Crippen LogP contribution in [0.15, 0.2) is 53.5 Å². The van der Waals surface area contributed by atoms with Gasteiger partial charge in [0.2, 0.25) is 11.5 Å². The monoisotopic (exact) mass is 445 g/mol. The van der Waals surface area contributed by atoms with Gasteiger partial charge in [0.05, 0.1) is 12.1 Å². The lowest BCUT2D eigenvalue weighted by Gasteiger charge is -2.40. The van der Waals surface area contributed by atoms with E-state index in [4.69, 9.17) is 0 Å². The van der Waals surface area contributed by atoms with Crippen molar-refractivity contribution >= 4 is 28.3 Å². The van der Waals surface area contributed by atoms with Crippen molar-refractivity contribution in [3.05, 3.63) is 64.6 Å². The maximum Gasteiger partial charge on any atom is 0.417 e. The van der Waals surface area contributed by atoms with E-state index in [1.54, 1.807) is 23.1 Å². The molecule has 2 aromatic heterocycles. The van der Waals surface area contributed by atoms with E-state index in [2.05, 4.69) is 15.3 Å². The second-order valence-corrected chi connectivity index (χ2v) is 7.76. The van der Waals surface area contributed by atoms with E-state index in [0.717, 1.165) is 28.9 Å². The molecule has 2 N–H and O–H groups in total. The Labute approximate surface area is 181 Å². The Hall–Kier alpha value is -3.56. The van der Waals surface area contributed by atoms with Gasteiger partial charge in [-0.2, -0.15) is 13.2 Å². The first-order valence-corrected chi connectivity index (χ1v) is 10.2. The van der Waals surface area contributed by atoms with Crippen molar-refractivity contribution < 1.29 is 18.0 Å². The van der Waals surface area contributed by atoms with Crippen molar-refractivity contribution in [1.29, 1.82) is 0 Å². The summed E-state index contributed by atoms with van der Waals surface area (Å²) in [6.45, 7) is 3.42. The van der Waals surface area contributed by atoms with E-state index in [0.29, 0.717) is 25.5 Å². The van der Waals surface area contributed by atoms with Gasteiger partial charge >= 0.3 is 6.18 Å². The Morgan fingerprint density at radius 3 is 2.69 bits per heavy atom. The molecule has 3 heterocycles. The molecule has 1 fully saturated rings. The molecule has 10 heteroatoms. The van der Waals surface area contributed by atoms with Crippen LogP contribution in [0.1, 0.15) is 12.5 Å². The topological polar surface area (TPSA) is 81.3 Å². The number of H-pyrrole nitrogens is 1. The minimum atomic E-state index is -4.42. The molecule has 0 radical (unpaired) electrons. The van der Waals surface area contributed by atoms with Gasteiger partial charge in [0.25, 0.3) is 0 Å². The summed E-state index contributed by atoms with van der Waals surface area (Å²) in [6.07, 6.45) is -3.58. The molecule has 3 aromatic rings. The minimum Gasteiger partial charge on any atom is -0.376 e.